The van der Waals surface area contributed by atoms with Crippen LogP contribution in [0.3, 0.4) is 0 Å². The third-order valence-corrected chi connectivity index (χ3v) is 4.55. The van der Waals surface area contributed by atoms with Crippen molar-refractivity contribution in [1.82, 2.24) is 9.80 Å². The first-order valence-corrected chi connectivity index (χ1v) is 8.67. The molecule has 1 fully saturated rings. The van der Waals surface area contributed by atoms with Crippen molar-refractivity contribution in [3.63, 3.8) is 0 Å². The molecule has 2 amide bonds. The summed E-state index contributed by atoms with van der Waals surface area (Å²) >= 11 is 0. The van der Waals surface area contributed by atoms with Crippen LogP contribution in [-0.4, -0.2) is 54.0 Å². The second-order valence-electron chi connectivity index (χ2n) is 6.38. The van der Waals surface area contributed by atoms with E-state index in [0.29, 0.717) is 18.5 Å². The topological polar surface area (TPSA) is 40.6 Å². The smallest absolute Gasteiger partial charge is 0.337 e. The monoisotopic (exact) mass is 376 g/mol. The van der Waals surface area contributed by atoms with Gasteiger partial charge in [0.15, 0.2) is 0 Å². The van der Waals surface area contributed by atoms with Gasteiger partial charge in [-0.1, -0.05) is 42.5 Å². The first-order valence-electron chi connectivity index (χ1n) is 8.67. The zero-order valence-corrected chi connectivity index (χ0v) is 14.6. The highest BCUT2D eigenvalue weighted by Crippen LogP contribution is 2.22. The SMILES string of the molecule is O=C(c1ccc(-c2ccccc2)cc1)N1CCCN(C(=O)C(F)(F)F)CC1. The minimum Gasteiger partial charge on any atom is -0.337 e. The van der Waals surface area contributed by atoms with Gasteiger partial charge >= 0.3 is 12.1 Å². The van der Waals surface area contributed by atoms with Gasteiger partial charge in [0.2, 0.25) is 0 Å². The first-order chi connectivity index (χ1) is 12.9. The Balaban J connectivity index is 1.67. The lowest BCUT2D eigenvalue weighted by atomic mass is 10.0. The lowest BCUT2D eigenvalue weighted by molar-refractivity contribution is -0.185. The number of hydrogen-bond donors (Lipinski definition) is 0. The Morgan fingerprint density at radius 1 is 0.741 bits per heavy atom. The molecule has 2 aromatic rings. The van der Waals surface area contributed by atoms with Gasteiger partial charge in [0.1, 0.15) is 0 Å². The van der Waals surface area contributed by atoms with Crippen molar-refractivity contribution in [2.24, 2.45) is 0 Å². The number of amides is 2. The van der Waals surface area contributed by atoms with Crippen LogP contribution in [0.1, 0.15) is 16.8 Å². The van der Waals surface area contributed by atoms with Crippen LogP contribution in [0, 0.1) is 0 Å². The summed E-state index contributed by atoms with van der Waals surface area (Å²) in [5.74, 6) is -2.08. The molecule has 0 bridgehead atoms. The van der Waals surface area contributed by atoms with E-state index in [1.807, 2.05) is 42.5 Å². The predicted octanol–water partition coefficient (Wildman–Crippen LogP) is 3.59. The average Bonchev–Trinajstić information content (AvgIpc) is 2.93. The van der Waals surface area contributed by atoms with Gasteiger partial charge in [-0.2, -0.15) is 13.2 Å². The second-order valence-corrected chi connectivity index (χ2v) is 6.38. The van der Waals surface area contributed by atoms with E-state index in [9.17, 15) is 22.8 Å². The molecule has 0 unspecified atom stereocenters. The van der Waals surface area contributed by atoms with Crippen LogP contribution in [0.2, 0.25) is 0 Å². The highest BCUT2D eigenvalue weighted by atomic mass is 19.4. The normalized spacial score (nSPS) is 15.4. The Bertz CT molecular complexity index is 804. The maximum absolute atomic E-state index is 12.7. The number of halogens is 3. The van der Waals surface area contributed by atoms with E-state index in [1.54, 1.807) is 12.1 Å². The number of benzene rings is 2. The van der Waals surface area contributed by atoms with Crippen LogP contribution in [0.5, 0.6) is 0 Å². The van der Waals surface area contributed by atoms with Crippen molar-refractivity contribution >= 4 is 11.8 Å². The summed E-state index contributed by atoms with van der Waals surface area (Å²) in [7, 11) is 0. The van der Waals surface area contributed by atoms with Gasteiger partial charge in [-0.15, -0.1) is 0 Å². The Labute approximate surface area is 155 Å². The molecule has 1 saturated heterocycles. The number of rotatable bonds is 2. The third kappa shape index (κ3) is 4.48. The maximum atomic E-state index is 12.7. The molecule has 1 aliphatic heterocycles. The van der Waals surface area contributed by atoms with E-state index in [-0.39, 0.29) is 25.5 Å². The maximum Gasteiger partial charge on any atom is 0.471 e. The molecule has 0 radical (unpaired) electrons. The third-order valence-electron chi connectivity index (χ3n) is 4.55. The quantitative estimate of drug-likeness (QED) is 0.804. The number of hydrogen-bond acceptors (Lipinski definition) is 2. The molecule has 2 aromatic carbocycles. The fourth-order valence-electron chi connectivity index (χ4n) is 3.12. The molecule has 142 valence electrons. The number of alkyl halides is 3. The summed E-state index contributed by atoms with van der Waals surface area (Å²) < 4.78 is 37.8. The van der Waals surface area contributed by atoms with Gasteiger partial charge in [0, 0.05) is 31.7 Å². The predicted molar refractivity (Wildman–Crippen MR) is 95.0 cm³/mol. The van der Waals surface area contributed by atoms with E-state index in [2.05, 4.69) is 0 Å². The highest BCUT2D eigenvalue weighted by Gasteiger charge is 2.42. The Hall–Kier alpha value is -2.83. The second kappa shape index (κ2) is 7.82. The summed E-state index contributed by atoms with van der Waals surface area (Å²) in [4.78, 5) is 26.3. The average molecular weight is 376 g/mol. The van der Waals surface area contributed by atoms with Gasteiger partial charge in [-0.3, -0.25) is 9.59 Å². The van der Waals surface area contributed by atoms with Crippen molar-refractivity contribution in [3.05, 3.63) is 60.2 Å². The molecule has 0 aliphatic carbocycles. The lowest BCUT2D eigenvalue weighted by Crippen LogP contribution is -2.43. The fourth-order valence-corrected chi connectivity index (χ4v) is 3.12. The molecule has 0 atom stereocenters. The van der Waals surface area contributed by atoms with Gasteiger partial charge in [-0.25, -0.2) is 0 Å². The zero-order valence-electron chi connectivity index (χ0n) is 14.6. The van der Waals surface area contributed by atoms with Crippen LogP contribution >= 0.6 is 0 Å². The fraction of sp³-hybridized carbons (Fsp3) is 0.300. The minimum atomic E-state index is -4.88. The van der Waals surface area contributed by atoms with Crippen molar-refractivity contribution in [1.29, 1.82) is 0 Å². The highest BCUT2D eigenvalue weighted by molar-refractivity contribution is 5.94. The first kappa shape index (κ1) is 18.9. The molecule has 1 heterocycles. The zero-order chi connectivity index (χ0) is 19.4. The summed E-state index contributed by atoms with van der Waals surface area (Å²) in [5, 5.41) is 0. The summed E-state index contributed by atoms with van der Waals surface area (Å²) in [6, 6.07) is 16.9. The molecular weight excluding hydrogens is 357 g/mol. The Morgan fingerprint density at radius 3 is 1.93 bits per heavy atom. The standard InChI is InChI=1S/C20H19F3N2O2/c21-20(22,23)19(27)25-12-4-11-24(13-14-25)18(26)17-9-7-16(8-10-17)15-5-2-1-3-6-15/h1-3,5-10H,4,11-14H2. The van der Waals surface area contributed by atoms with Crippen LogP contribution in [0.4, 0.5) is 13.2 Å². The lowest BCUT2D eigenvalue weighted by Gasteiger charge is -2.23. The van der Waals surface area contributed by atoms with Crippen molar-refractivity contribution in [2.45, 2.75) is 12.6 Å². The van der Waals surface area contributed by atoms with Gasteiger partial charge < -0.3 is 9.80 Å². The molecular formula is C20H19F3N2O2. The molecule has 3 rings (SSSR count). The summed E-state index contributed by atoms with van der Waals surface area (Å²) in [5.41, 5.74) is 2.49. The van der Waals surface area contributed by atoms with Gasteiger partial charge in [-0.05, 0) is 29.7 Å². The Kier molecular flexibility index (Phi) is 5.48. The van der Waals surface area contributed by atoms with E-state index in [4.69, 9.17) is 0 Å². The minimum absolute atomic E-state index is 0.00489. The van der Waals surface area contributed by atoms with Crippen LogP contribution in [-0.2, 0) is 4.79 Å². The molecule has 0 N–H and O–H groups in total. The summed E-state index contributed by atoms with van der Waals surface area (Å²) in [6.45, 7) is 0.281. The number of carbonyl (C=O) groups is 2. The largest absolute Gasteiger partial charge is 0.471 e. The van der Waals surface area contributed by atoms with E-state index in [0.717, 1.165) is 16.0 Å². The van der Waals surface area contributed by atoms with Crippen LogP contribution < -0.4 is 0 Å². The molecule has 0 aromatic heterocycles. The molecule has 27 heavy (non-hydrogen) atoms. The van der Waals surface area contributed by atoms with E-state index < -0.39 is 12.1 Å². The van der Waals surface area contributed by atoms with Crippen molar-refractivity contribution < 1.29 is 22.8 Å². The molecule has 0 spiro atoms. The number of nitrogens with zero attached hydrogens (tertiary/aromatic N) is 2. The van der Waals surface area contributed by atoms with Crippen LogP contribution in [0.25, 0.3) is 11.1 Å². The summed E-state index contributed by atoms with van der Waals surface area (Å²) in [6.07, 6.45) is -4.57. The van der Waals surface area contributed by atoms with Gasteiger partial charge in [0.25, 0.3) is 5.91 Å². The molecule has 0 saturated carbocycles. The molecule has 1 aliphatic rings. The number of carbonyl (C=O) groups excluding carboxylic acids is 2. The van der Waals surface area contributed by atoms with Crippen molar-refractivity contribution in [2.75, 3.05) is 26.2 Å². The van der Waals surface area contributed by atoms with Crippen molar-refractivity contribution in [3.8, 4) is 11.1 Å². The van der Waals surface area contributed by atoms with E-state index >= 15 is 0 Å². The van der Waals surface area contributed by atoms with Crippen LogP contribution in [0.15, 0.2) is 54.6 Å². The van der Waals surface area contributed by atoms with E-state index in [1.165, 1.54) is 4.90 Å². The molecule has 4 nitrogen and oxygen atoms in total. The van der Waals surface area contributed by atoms with Gasteiger partial charge in [0.05, 0.1) is 0 Å². The Morgan fingerprint density at radius 2 is 1.30 bits per heavy atom. The molecule has 7 heteroatoms.